The van der Waals surface area contributed by atoms with Gasteiger partial charge in [-0.15, -0.1) is 0 Å². The Balaban J connectivity index is 1.95. The Bertz CT molecular complexity index is 435. The normalized spacial score (nSPS) is 19.3. The molecule has 1 fully saturated rings. The van der Waals surface area contributed by atoms with E-state index in [0.29, 0.717) is 18.7 Å². The molecule has 1 aliphatic rings. The minimum atomic E-state index is -0.839. The van der Waals surface area contributed by atoms with Crippen molar-refractivity contribution < 1.29 is 14.7 Å². The van der Waals surface area contributed by atoms with Gasteiger partial charge in [-0.2, -0.15) is 0 Å². The number of anilines is 1. The Kier molecular flexibility index (Phi) is 3.76. The average Bonchev–Trinajstić information content (AvgIpc) is 2.40. The second-order valence-electron chi connectivity index (χ2n) is 4.30. The van der Waals surface area contributed by atoms with Crippen LogP contribution < -0.4 is 5.32 Å². The second-order valence-corrected chi connectivity index (χ2v) is 4.30. The van der Waals surface area contributed by atoms with E-state index in [1.165, 1.54) is 4.90 Å². The fourth-order valence-corrected chi connectivity index (χ4v) is 2.00. The van der Waals surface area contributed by atoms with E-state index in [2.05, 4.69) is 10.3 Å². The number of urea groups is 1. The van der Waals surface area contributed by atoms with Gasteiger partial charge in [-0.25, -0.2) is 4.79 Å². The van der Waals surface area contributed by atoms with E-state index in [9.17, 15) is 9.59 Å². The van der Waals surface area contributed by atoms with Crippen LogP contribution in [0.4, 0.5) is 10.5 Å². The van der Waals surface area contributed by atoms with Crippen LogP contribution in [0.25, 0.3) is 0 Å². The van der Waals surface area contributed by atoms with E-state index >= 15 is 0 Å². The number of carbonyl (C=O) groups excluding carboxylic acids is 1. The van der Waals surface area contributed by atoms with Crippen LogP contribution in [-0.2, 0) is 4.79 Å². The fourth-order valence-electron chi connectivity index (χ4n) is 2.00. The van der Waals surface area contributed by atoms with Gasteiger partial charge in [0, 0.05) is 19.3 Å². The number of carboxylic acid groups (broad SMARTS) is 1. The first kappa shape index (κ1) is 12.3. The van der Waals surface area contributed by atoms with Crippen LogP contribution in [-0.4, -0.2) is 40.1 Å². The molecular formula is C12H15N3O3. The van der Waals surface area contributed by atoms with E-state index in [1.807, 2.05) is 0 Å². The largest absolute Gasteiger partial charge is 0.481 e. The van der Waals surface area contributed by atoms with Crippen LogP contribution in [0, 0.1) is 5.92 Å². The molecule has 2 heterocycles. The number of nitrogens with zero attached hydrogens (tertiary/aromatic N) is 2. The summed E-state index contributed by atoms with van der Waals surface area (Å²) in [4.78, 5) is 28.3. The molecule has 6 nitrogen and oxygen atoms in total. The molecule has 6 heteroatoms. The summed E-state index contributed by atoms with van der Waals surface area (Å²) in [6.07, 6.45) is 4.52. The van der Waals surface area contributed by atoms with Crippen molar-refractivity contribution in [2.75, 3.05) is 18.4 Å². The van der Waals surface area contributed by atoms with E-state index in [4.69, 9.17) is 5.11 Å². The molecule has 96 valence electrons. The maximum Gasteiger partial charge on any atom is 0.321 e. The third-order valence-electron chi connectivity index (χ3n) is 2.97. The quantitative estimate of drug-likeness (QED) is 0.830. The van der Waals surface area contributed by atoms with Gasteiger partial charge in [0.15, 0.2) is 0 Å². The van der Waals surface area contributed by atoms with E-state index < -0.39 is 11.9 Å². The van der Waals surface area contributed by atoms with Crippen molar-refractivity contribution in [1.82, 2.24) is 9.88 Å². The number of pyridine rings is 1. The van der Waals surface area contributed by atoms with Crippen LogP contribution in [0.5, 0.6) is 0 Å². The molecule has 2 amide bonds. The molecule has 0 aliphatic carbocycles. The Hall–Kier alpha value is -2.11. The molecule has 2 rings (SSSR count). The second kappa shape index (κ2) is 5.48. The van der Waals surface area contributed by atoms with Crippen molar-refractivity contribution in [1.29, 1.82) is 0 Å². The minimum absolute atomic E-state index is 0.265. The lowest BCUT2D eigenvalue weighted by molar-refractivity contribution is -0.143. The summed E-state index contributed by atoms with van der Waals surface area (Å²) in [6, 6.07) is 3.20. The Labute approximate surface area is 105 Å². The molecule has 0 unspecified atom stereocenters. The van der Waals surface area contributed by atoms with Crippen LogP contribution in [0.2, 0.25) is 0 Å². The summed E-state index contributed by atoms with van der Waals surface area (Å²) < 4.78 is 0. The molecule has 18 heavy (non-hydrogen) atoms. The Morgan fingerprint density at radius 2 is 2.33 bits per heavy atom. The SMILES string of the molecule is O=C(O)[C@@H]1CCCN(C(=O)Nc2cccnc2)C1. The highest BCUT2D eigenvalue weighted by Gasteiger charge is 2.28. The number of aliphatic carboxylic acids is 1. The summed E-state index contributed by atoms with van der Waals surface area (Å²) >= 11 is 0. The maximum absolute atomic E-state index is 11.9. The zero-order valence-corrected chi connectivity index (χ0v) is 9.87. The smallest absolute Gasteiger partial charge is 0.321 e. The van der Waals surface area contributed by atoms with Crippen molar-refractivity contribution in [3.05, 3.63) is 24.5 Å². The lowest BCUT2D eigenvalue weighted by Crippen LogP contribution is -2.44. The molecule has 0 bridgehead atoms. The van der Waals surface area contributed by atoms with Gasteiger partial charge in [0.25, 0.3) is 0 Å². The third kappa shape index (κ3) is 2.97. The number of rotatable bonds is 2. The molecule has 1 aromatic heterocycles. The van der Waals surface area contributed by atoms with Gasteiger partial charge in [-0.3, -0.25) is 9.78 Å². The lowest BCUT2D eigenvalue weighted by atomic mass is 9.99. The molecule has 0 spiro atoms. The summed E-state index contributed by atoms with van der Waals surface area (Å²) in [5, 5.41) is 11.7. The van der Waals surface area contributed by atoms with Gasteiger partial charge in [0.2, 0.25) is 0 Å². The number of piperidine rings is 1. The van der Waals surface area contributed by atoms with Gasteiger partial charge in [-0.05, 0) is 25.0 Å². The molecule has 1 aliphatic heterocycles. The van der Waals surface area contributed by atoms with Gasteiger partial charge < -0.3 is 15.3 Å². The molecule has 1 aromatic rings. The van der Waals surface area contributed by atoms with Crippen molar-refractivity contribution in [3.63, 3.8) is 0 Å². The molecule has 1 atom stereocenters. The van der Waals surface area contributed by atoms with E-state index in [0.717, 1.165) is 6.42 Å². The number of likely N-dealkylation sites (tertiary alicyclic amines) is 1. The first-order valence-corrected chi connectivity index (χ1v) is 5.85. The number of hydrogen-bond donors (Lipinski definition) is 2. The molecule has 0 radical (unpaired) electrons. The fraction of sp³-hybridized carbons (Fsp3) is 0.417. The van der Waals surface area contributed by atoms with Crippen LogP contribution >= 0.6 is 0 Å². The van der Waals surface area contributed by atoms with Crippen LogP contribution in [0.15, 0.2) is 24.5 Å². The minimum Gasteiger partial charge on any atom is -0.481 e. The zero-order valence-electron chi connectivity index (χ0n) is 9.87. The first-order chi connectivity index (χ1) is 8.66. The molecule has 0 aromatic carbocycles. The monoisotopic (exact) mass is 249 g/mol. The summed E-state index contributed by atoms with van der Waals surface area (Å²) in [5.74, 6) is -1.30. The Morgan fingerprint density at radius 1 is 1.50 bits per heavy atom. The van der Waals surface area contributed by atoms with Crippen molar-refractivity contribution in [3.8, 4) is 0 Å². The van der Waals surface area contributed by atoms with E-state index in [1.54, 1.807) is 24.5 Å². The molecule has 0 saturated carbocycles. The third-order valence-corrected chi connectivity index (χ3v) is 2.97. The average molecular weight is 249 g/mol. The Morgan fingerprint density at radius 3 is 3.00 bits per heavy atom. The standard InChI is InChI=1S/C12H15N3O3/c16-11(17)9-3-2-6-15(8-9)12(18)14-10-4-1-5-13-7-10/h1,4-5,7,9H,2-3,6,8H2,(H,14,18)(H,16,17)/t9-/m1/s1. The van der Waals surface area contributed by atoms with Crippen molar-refractivity contribution in [2.45, 2.75) is 12.8 Å². The predicted octanol–water partition coefficient (Wildman–Crippen LogP) is 1.41. The summed E-state index contributed by atoms with van der Waals surface area (Å²) in [5.41, 5.74) is 0.611. The van der Waals surface area contributed by atoms with Crippen molar-refractivity contribution in [2.24, 2.45) is 5.92 Å². The van der Waals surface area contributed by atoms with Gasteiger partial charge in [-0.1, -0.05) is 0 Å². The van der Waals surface area contributed by atoms with Crippen molar-refractivity contribution >= 4 is 17.7 Å². The van der Waals surface area contributed by atoms with Crippen LogP contribution in [0.3, 0.4) is 0 Å². The number of amides is 2. The zero-order chi connectivity index (χ0) is 13.0. The number of carbonyl (C=O) groups is 2. The highest BCUT2D eigenvalue weighted by Crippen LogP contribution is 2.17. The number of aromatic nitrogens is 1. The van der Waals surface area contributed by atoms with Crippen LogP contribution in [0.1, 0.15) is 12.8 Å². The molecule has 1 saturated heterocycles. The number of carboxylic acids is 1. The maximum atomic E-state index is 11.9. The van der Waals surface area contributed by atoms with E-state index in [-0.39, 0.29) is 12.6 Å². The highest BCUT2D eigenvalue weighted by atomic mass is 16.4. The molecule has 2 N–H and O–H groups in total. The molecular weight excluding hydrogens is 234 g/mol. The summed E-state index contributed by atoms with van der Waals surface area (Å²) in [7, 11) is 0. The lowest BCUT2D eigenvalue weighted by Gasteiger charge is -2.30. The summed E-state index contributed by atoms with van der Waals surface area (Å²) in [6.45, 7) is 0.858. The number of hydrogen-bond acceptors (Lipinski definition) is 3. The van der Waals surface area contributed by atoms with Gasteiger partial charge in [0.05, 0.1) is 17.8 Å². The number of nitrogens with one attached hydrogen (secondary N) is 1. The van der Waals surface area contributed by atoms with Gasteiger partial charge >= 0.3 is 12.0 Å². The van der Waals surface area contributed by atoms with Gasteiger partial charge in [0.1, 0.15) is 0 Å². The highest BCUT2D eigenvalue weighted by molar-refractivity contribution is 5.89. The topological polar surface area (TPSA) is 82.5 Å². The predicted molar refractivity (Wildman–Crippen MR) is 65.2 cm³/mol. The first-order valence-electron chi connectivity index (χ1n) is 5.85.